The van der Waals surface area contributed by atoms with E-state index in [1.807, 2.05) is 53.9 Å². The Hall–Kier alpha value is -5.03. The van der Waals surface area contributed by atoms with Crippen molar-refractivity contribution in [2.75, 3.05) is 12.4 Å². The Balaban J connectivity index is 1.51. The molecule has 1 aliphatic rings. The average Bonchev–Trinajstić information content (AvgIpc) is 3.58. The number of nitrogens with zero attached hydrogens (tertiary/aromatic N) is 3. The number of esters is 1. The highest BCUT2D eigenvalue weighted by Gasteiger charge is 2.38. The van der Waals surface area contributed by atoms with Crippen LogP contribution in [0.15, 0.2) is 112 Å². The van der Waals surface area contributed by atoms with Gasteiger partial charge in [0.1, 0.15) is 40.9 Å². The van der Waals surface area contributed by atoms with E-state index in [2.05, 4.69) is 12.1 Å². The summed E-state index contributed by atoms with van der Waals surface area (Å²) in [6.45, 7) is 2.18. The van der Waals surface area contributed by atoms with Crippen LogP contribution >= 0.6 is 23.1 Å². The van der Waals surface area contributed by atoms with Crippen molar-refractivity contribution in [1.82, 2.24) is 4.98 Å². The molecule has 214 valence electrons. The lowest BCUT2D eigenvalue weighted by Gasteiger charge is -2.28. The number of thiophene rings is 1. The van der Waals surface area contributed by atoms with Gasteiger partial charge >= 0.3 is 5.97 Å². The summed E-state index contributed by atoms with van der Waals surface area (Å²) in [7, 11) is 0. The molecule has 0 aliphatic carbocycles. The molecule has 2 aromatic carbocycles. The normalized spacial score (nSPS) is 14.4. The molecular formula is C33H26N4O4S2. The van der Waals surface area contributed by atoms with E-state index in [4.69, 9.17) is 24.9 Å². The van der Waals surface area contributed by atoms with Crippen molar-refractivity contribution in [1.29, 1.82) is 10.5 Å². The van der Waals surface area contributed by atoms with Crippen molar-refractivity contribution >= 4 is 29.1 Å². The minimum Gasteiger partial charge on any atom is -0.489 e. The van der Waals surface area contributed by atoms with Gasteiger partial charge < -0.3 is 19.9 Å². The number of nitrogens with two attached hydrogens (primary N) is 1. The van der Waals surface area contributed by atoms with E-state index in [9.17, 15) is 15.3 Å². The SMILES string of the molecule is CCOC(=O)C1=C(CSc2nc(-c3cccs3)ccc2C#N)OC(N)=C(C#N)[C@@H]1c1cccc(OCc2ccccc2)c1. The lowest BCUT2D eigenvalue weighted by Crippen LogP contribution is -2.27. The van der Waals surface area contributed by atoms with Crippen LogP contribution in [0.2, 0.25) is 0 Å². The molecule has 0 saturated carbocycles. The summed E-state index contributed by atoms with van der Waals surface area (Å²) in [4.78, 5) is 19.1. The maximum atomic E-state index is 13.5. The van der Waals surface area contributed by atoms with E-state index in [1.165, 1.54) is 11.8 Å². The van der Waals surface area contributed by atoms with Crippen molar-refractivity contribution in [2.45, 2.75) is 24.5 Å². The predicted octanol–water partition coefficient (Wildman–Crippen LogP) is 6.68. The third-order valence-corrected chi connectivity index (χ3v) is 8.41. The van der Waals surface area contributed by atoms with Crippen molar-refractivity contribution in [3.05, 3.63) is 124 Å². The first kappa shape index (κ1) is 29.5. The molecule has 0 unspecified atom stereocenters. The maximum Gasteiger partial charge on any atom is 0.338 e. The van der Waals surface area contributed by atoms with Gasteiger partial charge in [-0.2, -0.15) is 10.5 Å². The van der Waals surface area contributed by atoms with Gasteiger partial charge in [0.15, 0.2) is 0 Å². The summed E-state index contributed by atoms with van der Waals surface area (Å²) >= 11 is 2.79. The van der Waals surface area contributed by atoms with E-state index in [0.29, 0.717) is 28.5 Å². The van der Waals surface area contributed by atoms with Gasteiger partial charge in [0.05, 0.1) is 40.0 Å². The molecule has 2 aromatic heterocycles. The number of hydrogen-bond donors (Lipinski definition) is 1. The molecular weight excluding hydrogens is 581 g/mol. The first-order chi connectivity index (χ1) is 21.0. The van der Waals surface area contributed by atoms with Gasteiger partial charge in [0.2, 0.25) is 5.88 Å². The second-order valence-corrected chi connectivity index (χ2v) is 11.2. The number of carbonyl (C=O) groups excluding carboxylic acids is 1. The Kier molecular flexibility index (Phi) is 9.42. The summed E-state index contributed by atoms with van der Waals surface area (Å²) < 4.78 is 17.4. The van der Waals surface area contributed by atoms with Crippen LogP contribution < -0.4 is 10.5 Å². The molecule has 0 radical (unpaired) electrons. The highest BCUT2D eigenvalue weighted by atomic mass is 32.2. The summed E-state index contributed by atoms with van der Waals surface area (Å²) in [5, 5.41) is 22.3. The molecule has 5 rings (SSSR count). The molecule has 4 aromatic rings. The first-order valence-corrected chi connectivity index (χ1v) is 15.2. The predicted molar refractivity (Wildman–Crippen MR) is 165 cm³/mol. The Bertz CT molecular complexity index is 1770. The lowest BCUT2D eigenvalue weighted by molar-refractivity contribution is -0.139. The number of rotatable bonds is 10. The molecule has 10 heteroatoms. The van der Waals surface area contributed by atoms with Gasteiger partial charge in [-0.1, -0.05) is 60.3 Å². The second-order valence-electron chi connectivity index (χ2n) is 9.26. The van der Waals surface area contributed by atoms with Gasteiger partial charge in [-0.3, -0.25) is 0 Å². The van der Waals surface area contributed by atoms with Crippen LogP contribution in [-0.4, -0.2) is 23.3 Å². The van der Waals surface area contributed by atoms with Crippen LogP contribution in [0.5, 0.6) is 5.75 Å². The minimum absolute atomic E-state index is 0.0903. The zero-order valence-electron chi connectivity index (χ0n) is 23.2. The Morgan fingerprint density at radius 3 is 2.63 bits per heavy atom. The summed E-state index contributed by atoms with van der Waals surface area (Å²) in [5.41, 5.74) is 9.27. The van der Waals surface area contributed by atoms with Crippen molar-refractivity contribution in [3.8, 4) is 28.5 Å². The van der Waals surface area contributed by atoms with Crippen LogP contribution in [-0.2, 0) is 20.9 Å². The Morgan fingerprint density at radius 2 is 1.91 bits per heavy atom. The quantitative estimate of drug-likeness (QED) is 0.155. The largest absolute Gasteiger partial charge is 0.489 e. The van der Waals surface area contributed by atoms with Crippen LogP contribution in [0.25, 0.3) is 10.6 Å². The molecule has 0 amide bonds. The number of nitriles is 2. The van der Waals surface area contributed by atoms with Gasteiger partial charge in [-0.25, -0.2) is 9.78 Å². The zero-order valence-corrected chi connectivity index (χ0v) is 24.8. The molecule has 3 heterocycles. The van der Waals surface area contributed by atoms with Crippen LogP contribution in [0.3, 0.4) is 0 Å². The van der Waals surface area contributed by atoms with Crippen LogP contribution in [0.4, 0.5) is 0 Å². The fraction of sp³-hybridized carbons (Fsp3) is 0.152. The molecule has 43 heavy (non-hydrogen) atoms. The molecule has 0 spiro atoms. The number of ether oxygens (including phenoxy) is 3. The number of aromatic nitrogens is 1. The topological polar surface area (TPSA) is 131 Å². The number of carbonyl (C=O) groups is 1. The number of allylic oxidation sites excluding steroid dienone is 1. The van der Waals surface area contributed by atoms with E-state index >= 15 is 0 Å². The highest BCUT2D eigenvalue weighted by molar-refractivity contribution is 7.99. The number of thioether (sulfide) groups is 1. The van der Waals surface area contributed by atoms with Gasteiger partial charge in [-0.05, 0) is 53.8 Å². The summed E-state index contributed by atoms with van der Waals surface area (Å²) in [5.74, 6) is -0.671. The number of benzene rings is 2. The van der Waals surface area contributed by atoms with E-state index in [1.54, 1.807) is 48.6 Å². The van der Waals surface area contributed by atoms with E-state index in [-0.39, 0.29) is 35.1 Å². The van der Waals surface area contributed by atoms with Crippen LogP contribution in [0, 0.1) is 22.7 Å². The third-order valence-electron chi connectivity index (χ3n) is 6.53. The average molecular weight is 607 g/mol. The number of pyridine rings is 1. The Morgan fingerprint density at radius 1 is 1.07 bits per heavy atom. The molecule has 0 bridgehead atoms. The molecule has 2 N–H and O–H groups in total. The lowest BCUT2D eigenvalue weighted by atomic mass is 9.83. The zero-order chi connectivity index (χ0) is 30.2. The molecule has 0 saturated heterocycles. The second kappa shape index (κ2) is 13.8. The summed E-state index contributed by atoms with van der Waals surface area (Å²) in [6.07, 6.45) is 0. The fourth-order valence-electron chi connectivity index (χ4n) is 4.55. The van der Waals surface area contributed by atoms with Crippen molar-refractivity contribution < 1.29 is 19.0 Å². The van der Waals surface area contributed by atoms with Gasteiger partial charge in [0, 0.05) is 0 Å². The number of hydrogen-bond acceptors (Lipinski definition) is 10. The summed E-state index contributed by atoms with van der Waals surface area (Å²) in [6, 6.07) is 28.7. The molecule has 1 atom stereocenters. The van der Waals surface area contributed by atoms with Crippen molar-refractivity contribution in [2.24, 2.45) is 5.73 Å². The molecule has 1 aliphatic heterocycles. The Labute approximate surface area is 257 Å². The maximum absolute atomic E-state index is 13.5. The fourth-order valence-corrected chi connectivity index (χ4v) is 6.16. The van der Waals surface area contributed by atoms with E-state index in [0.717, 1.165) is 16.1 Å². The smallest absolute Gasteiger partial charge is 0.338 e. The molecule has 0 fully saturated rings. The van der Waals surface area contributed by atoms with E-state index < -0.39 is 11.9 Å². The third kappa shape index (κ3) is 6.73. The van der Waals surface area contributed by atoms with Gasteiger partial charge in [0.25, 0.3) is 0 Å². The van der Waals surface area contributed by atoms with Crippen LogP contribution in [0.1, 0.15) is 29.5 Å². The first-order valence-electron chi connectivity index (χ1n) is 13.3. The van der Waals surface area contributed by atoms with Crippen molar-refractivity contribution in [3.63, 3.8) is 0 Å². The minimum atomic E-state index is -0.852. The monoisotopic (exact) mass is 606 g/mol. The highest BCUT2D eigenvalue weighted by Crippen LogP contribution is 2.42. The van der Waals surface area contributed by atoms with Gasteiger partial charge in [-0.15, -0.1) is 11.3 Å². The standard InChI is InChI=1S/C33H26N4O4S2/c1-2-39-33(38)30-27(20-43-32-23(17-34)13-14-26(37-32)28-12-7-15-42-28)41-31(36)25(18-35)29(30)22-10-6-11-24(16-22)40-19-21-8-4-3-5-9-21/h3-16,29H,2,19-20,36H2,1H3/t29-/m0/s1. The molecule has 8 nitrogen and oxygen atoms in total.